The first kappa shape index (κ1) is 75.1. The van der Waals surface area contributed by atoms with Crippen LogP contribution >= 0.6 is 0 Å². The Hall–Kier alpha value is -1.87. The maximum Gasteiger partial charge on any atom is 0.309 e. The first-order valence-corrected chi connectivity index (χ1v) is 33.5. The molecule has 1 rings (SSSR count). The molecule has 0 spiro atoms. The van der Waals surface area contributed by atoms with Crippen LogP contribution in [0.2, 0.25) is 0 Å². The first-order valence-electron chi connectivity index (χ1n) is 33.5. The van der Waals surface area contributed by atoms with E-state index >= 15 is 0 Å². The molecule has 0 radical (unpaired) electrons. The van der Waals surface area contributed by atoms with Crippen molar-refractivity contribution in [2.24, 2.45) is 17.8 Å². The second-order valence-electron chi connectivity index (χ2n) is 23.0. The maximum absolute atomic E-state index is 13.2. The Balaban J connectivity index is 2.44. The summed E-state index contributed by atoms with van der Waals surface area (Å²) >= 11 is 0. The fourth-order valence-electron chi connectivity index (χ4n) is 10.3. The Bertz CT molecular complexity index is 1270. The lowest BCUT2D eigenvalue weighted by Gasteiger charge is -2.27. The van der Waals surface area contributed by atoms with Crippen molar-refractivity contribution in [1.29, 1.82) is 0 Å². The number of carbonyl (C=O) groups excluding carboxylic acids is 3. The number of piperidine rings is 1. The van der Waals surface area contributed by atoms with Crippen LogP contribution in [-0.2, 0) is 57.0 Å². The van der Waals surface area contributed by atoms with Gasteiger partial charge in [-0.3, -0.25) is 14.4 Å². The second kappa shape index (κ2) is 59.3. The van der Waals surface area contributed by atoms with Gasteiger partial charge in [0.25, 0.3) is 0 Å². The van der Waals surface area contributed by atoms with Gasteiger partial charge in [0.05, 0.1) is 90.4 Å². The van der Waals surface area contributed by atoms with Gasteiger partial charge in [-0.05, 0) is 97.2 Å². The Kier molecular flexibility index (Phi) is 56.4. The van der Waals surface area contributed by atoms with Gasteiger partial charge in [-0.2, -0.15) is 0 Å². The van der Waals surface area contributed by atoms with Gasteiger partial charge in [-0.15, -0.1) is 0 Å². The van der Waals surface area contributed by atoms with Crippen LogP contribution in [0.25, 0.3) is 0 Å². The van der Waals surface area contributed by atoms with Crippen LogP contribution in [-0.4, -0.2) is 142 Å². The molecule has 1 atom stereocenters. The molecule has 79 heavy (non-hydrogen) atoms. The van der Waals surface area contributed by atoms with Crippen LogP contribution in [0.3, 0.4) is 0 Å². The van der Waals surface area contributed by atoms with Crippen LogP contribution in [0.1, 0.15) is 272 Å². The third-order valence-corrected chi connectivity index (χ3v) is 15.6. The molecule has 13 heteroatoms. The van der Waals surface area contributed by atoms with Crippen LogP contribution in [0, 0.1) is 17.8 Å². The van der Waals surface area contributed by atoms with Gasteiger partial charge in [-0.25, -0.2) is 0 Å². The number of nitrogens with zero attached hydrogens (tertiary/aromatic N) is 1. The lowest BCUT2D eigenvalue weighted by molar-refractivity contribution is -0.152. The molecule has 1 heterocycles. The van der Waals surface area contributed by atoms with Gasteiger partial charge in [-0.1, -0.05) is 195 Å². The van der Waals surface area contributed by atoms with Crippen molar-refractivity contribution in [3.63, 3.8) is 0 Å². The van der Waals surface area contributed by atoms with E-state index in [1.807, 2.05) is 0 Å². The van der Waals surface area contributed by atoms with Gasteiger partial charge in [0.2, 0.25) is 0 Å². The predicted octanol–water partition coefficient (Wildman–Crippen LogP) is 15.8. The van der Waals surface area contributed by atoms with Crippen molar-refractivity contribution in [3.8, 4) is 0 Å². The molecule has 1 fully saturated rings. The van der Waals surface area contributed by atoms with E-state index in [1.54, 1.807) is 0 Å². The van der Waals surface area contributed by atoms with E-state index in [1.165, 1.54) is 128 Å². The van der Waals surface area contributed by atoms with Crippen LogP contribution in [0.4, 0.5) is 0 Å². The molecular formula is C66H127NO12. The van der Waals surface area contributed by atoms with Crippen LogP contribution in [0.15, 0.2) is 0 Å². The number of ether oxygens (including phenoxy) is 9. The number of hydrogen-bond acceptors (Lipinski definition) is 13. The second-order valence-corrected chi connectivity index (χ2v) is 23.0. The zero-order valence-corrected chi connectivity index (χ0v) is 52.3. The van der Waals surface area contributed by atoms with Crippen LogP contribution < -0.4 is 0 Å². The zero-order valence-electron chi connectivity index (χ0n) is 52.3. The average molecular weight is 1130 g/mol. The normalized spacial score (nSPS) is 13.7. The summed E-state index contributed by atoms with van der Waals surface area (Å²) in [4.78, 5) is 40.9. The summed E-state index contributed by atoms with van der Waals surface area (Å²) < 4.78 is 52.5. The Labute approximate surface area is 486 Å². The first-order chi connectivity index (χ1) is 38.9. The Morgan fingerprint density at radius 1 is 0.354 bits per heavy atom. The van der Waals surface area contributed by atoms with Gasteiger partial charge < -0.3 is 47.5 Å². The molecule has 468 valence electrons. The summed E-state index contributed by atoms with van der Waals surface area (Å²) in [5, 5.41) is 0. The third-order valence-electron chi connectivity index (χ3n) is 15.6. The van der Waals surface area contributed by atoms with E-state index in [-0.39, 0.29) is 48.4 Å². The number of esters is 3. The molecule has 0 amide bonds. The van der Waals surface area contributed by atoms with E-state index in [2.05, 4.69) is 39.6 Å². The van der Waals surface area contributed by atoms with E-state index in [9.17, 15) is 14.4 Å². The molecule has 1 aliphatic rings. The van der Waals surface area contributed by atoms with E-state index in [0.717, 1.165) is 129 Å². The minimum absolute atomic E-state index is 0.00377. The van der Waals surface area contributed by atoms with E-state index in [0.29, 0.717) is 85.9 Å². The molecule has 1 aliphatic heterocycles. The van der Waals surface area contributed by atoms with Crippen molar-refractivity contribution >= 4 is 17.9 Å². The minimum atomic E-state index is -0.183. The lowest BCUT2D eigenvalue weighted by atomic mass is 9.94. The van der Waals surface area contributed by atoms with Gasteiger partial charge in [0, 0.05) is 13.2 Å². The summed E-state index contributed by atoms with van der Waals surface area (Å²) in [6.07, 6.45) is 42.9. The zero-order chi connectivity index (χ0) is 57.2. The summed E-state index contributed by atoms with van der Waals surface area (Å²) in [6, 6.07) is 0. The highest BCUT2D eigenvalue weighted by Crippen LogP contribution is 2.23. The molecular weight excluding hydrogens is 999 g/mol. The Morgan fingerprint density at radius 3 is 1.08 bits per heavy atom. The smallest absolute Gasteiger partial charge is 0.309 e. The predicted molar refractivity (Wildman–Crippen MR) is 323 cm³/mol. The summed E-state index contributed by atoms with van der Waals surface area (Å²) in [5.74, 6) is 0.0289. The fraction of sp³-hybridized carbons (Fsp3) is 0.955. The van der Waals surface area contributed by atoms with Crippen molar-refractivity contribution in [2.75, 3.05) is 113 Å². The lowest BCUT2D eigenvalue weighted by Crippen LogP contribution is -2.34. The van der Waals surface area contributed by atoms with Gasteiger partial charge in [0.1, 0.15) is 12.7 Å². The number of rotatable bonds is 62. The molecule has 0 aromatic heterocycles. The highest BCUT2D eigenvalue weighted by molar-refractivity contribution is 5.73. The maximum atomic E-state index is 13.2. The number of carbonyl (C=O) groups is 3. The molecule has 1 saturated heterocycles. The molecule has 0 N–H and O–H groups in total. The van der Waals surface area contributed by atoms with Crippen LogP contribution in [0.5, 0.6) is 0 Å². The minimum Gasteiger partial charge on any atom is -0.465 e. The SMILES string of the molecule is CCCCCCCCC(CCCCCCCC)C(=O)OCCCCCCOCC(COCCOCCOCCOCCOC(=O)C1CCN(C)CC1)OCCCCCCOC(=O)C(CCCCCCCC)CCCCCCCC. The van der Waals surface area contributed by atoms with E-state index < -0.39 is 0 Å². The van der Waals surface area contributed by atoms with E-state index in [4.69, 9.17) is 42.6 Å². The summed E-state index contributed by atoms with van der Waals surface area (Å²) in [5.41, 5.74) is 0. The summed E-state index contributed by atoms with van der Waals surface area (Å²) in [6.45, 7) is 17.4. The quantitative estimate of drug-likeness (QED) is 0.0325. The number of unbranched alkanes of at least 4 members (excludes halogenated alkanes) is 26. The molecule has 0 aromatic carbocycles. The topological polar surface area (TPSA) is 138 Å². The third kappa shape index (κ3) is 49.3. The number of hydrogen-bond donors (Lipinski definition) is 0. The van der Waals surface area contributed by atoms with Gasteiger partial charge in [0.15, 0.2) is 0 Å². The molecule has 0 aromatic rings. The molecule has 13 nitrogen and oxygen atoms in total. The Morgan fingerprint density at radius 2 is 0.671 bits per heavy atom. The highest BCUT2D eigenvalue weighted by Gasteiger charge is 2.25. The average Bonchev–Trinajstić information content (AvgIpc) is 3.45. The van der Waals surface area contributed by atoms with Crippen molar-refractivity contribution in [1.82, 2.24) is 4.90 Å². The molecule has 0 bridgehead atoms. The number of likely N-dealkylation sites (tertiary alicyclic amines) is 1. The fourth-order valence-corrected chi connectivity index (χ4v) is 10.3. The van der Waals surface area contributed by atoms with Crippen molar-refractivity contribution in [2.45, 2.75) is 278 Å². The van der Waals surface area contributed by atoms with Crippen molar-refractivity contribution in [3.05, 3.63) is 0 Å². The highest BCUT2D eigenvalue weighted by atomic mass is 16.6. The summed E-state index contributed by atoms with van der Waals surface area (Å²) in [7, 11) is 2.08. The monoisotopic (exact) mass is 1130 g/mol. The largest absolute Gasteiger partial charge is 0.465 e. The standard InChI is InChI=1S/C66H127NO12/c1-6-10-14-18-22-30-38-60(39-31-23-19-15-11-7-2)64(68)77-48-36-27-26-34-46-74-58-63(59-75-55-54-72-51-50-71-52-53-73-56-57-79-66(70)62-42-44-67(5)45-43-62)76-47-35-28-29-37-49-78-65(69)61(40-32-24-20-16-12-8-3)41-33-25-21-17-13-9-4/h60-63H,6-59H2,1-5H3. The van der Waals surface area contributed by atoms with Crippen molar-refractivity contribution < 1.29 is 57.0 Å². The molecule has 1 unspecified atom stereocenters. The molecule has 0 saturated carbocycles. The molecule has 0 aliphatic carbocycles. The van der Waals surface area contributed by atoms with Gasteiger partial charge >= 0.3 is 17.9 Å².